The minimum absolute atomic E-state index is 0.0324. The van der Waals surface area contributed by atoms with E-state index in [-0.39, 0.29) is 22.6 Å². The van der Waals surface area contributed by atoms with Crippen molar-refractivity contribution >= 4 is 31.9 Å². The first-order valence-corrected chi connectivity index (χ1v) is 12.8. The van der Waals surface area contributed by atoms with Gasteiger partial charge in [-0.2, -0.15) is 0 Å². The summed E-state index contributed by atoms with van der Waals surface area (Å²) in [6.07, 6.45) is 1.45. The number of benzene rings is 2. The Bertz CT molecular complexity index is 1270. The molecule has 0 spiro atoms. The van der Waals surface area contributed by atoms with Crippen molar-refractivity contribution in [2.45, 2.75) is 36.5 Å². The molecule has 0 aliphatic rings. The molecule has 1 aromatic heterocycles. The maximum Gasteiger partial charge on any atom is 0.264 e. The van der Waals surface area contributed by atoms with E-state index >= 15 is 0 Å². The monoisotopic (exact) mass is 491 g/mol. The summed E-state index contributed by atoms with van der Waals surface area (Å²) in [5.41, 5.74) is 2.10. The van der Waals surface area contributed by atoms with E-state index in [0.29, 0.717) is 22.4 Å². The van der Waals surface area contributed by atoms with Crippen molar-refractivity contribution in [2.24, 2.45) is 0 Å². The molecule has 3 aromatic rings. The van der Waals surface area contributed by atoms with Gasteiger partial charge in [-0.05, 0) is 29.8 Å². The summed E-state index contributed by atoms with van der Waals surface area (Å²) in [4.78, 5) is 22.7. The number of sulfonamides is 2. The Morgan fingerprint density at radius 1 is 0.758 bits per heavy atom. The molecule has 2 N–H and O–H groups in total. The number of nitrogens with zero attached hydrogens (tertiary/aromatic N) is 1. The van der Waals surface area contributed by atoms with E-state index in [1.165, 1.54) is 42.7 Å². The first-order chi connectivity index (χ1) is 15.6. The van der Waals surface area contributed by atoms with Gasteiger partial charge >= 0.3 is 0 Å². The molecule has 0 unspecified atom stereocenters. The van der Waals surface area contributed by atoms with Crippen LogP contribution in [0.15, 0.2) is 69.1 Å². The van der Waals surface area contributed by atoms with Crippen LogP contribution in [-0.4, -0.2) is 33.8 Å². The van der Waals surface area contributed by atoms with Crippen LogP contribution >= 0.6 is 0 Å². The van der Waals surface area contributed by atoms with Crippen molar-refractivity contribution in [1.82, 2.24) is 14.6 Å². The Morgan fingerprint density at radius 2 is 1.18 bits per heavy atom. The van der Waals surface area contributed by atoms with Gasteiger partial charge in [0, 0.05) is 24.0 Å². The number of hydrogen-bond donors (Lipinski definition) is 2. The first kappa shape index (κ1) is 24.1. The number of aromatic nitrogens is 1. The third kappa shape index (κ3) is 5.46. The van der Waals surface area contributed by atoms with E-state index in [1.807, 2.05) is 9.44 Å². The zero-order valence-corrected chi connectivity index (χ0v) is 19.4. The number of carbonyl (C=O) groups excluding carboxylic acids is 2. The van der Waals surface area contributed by atoms with Crippen LogP contribution in [0.2, 0.25) is 0 Å². The summed E-state index contributed by atoms with van der Waals surface area (Å²) in [5.74, 6) is -1.22. The molecular weight excluding hydrogens is 470 g/mol. The Hall–Kier alpha value is -3.51. The lowest BCUT2D eigenvalue weighted by Gasteiger charge is -2.08. The van der Waals surface area contributed by atoms with Gasteiger partial charge in [0.1, 0.15) is 12.0 Å². The van der Waals surface area contributed by atoms with E-state index in [0.717, 1.165) is 0 Å². The average molecular weight is 492 g/mol. The molecule has 0 fully saturated rings. The van der Waals surface area contributed by atoms with Crippen molar-refractivity contribution < 1.29 is 30.9 Å². The van der Waals surface area contributed by atoms with E-state index in [1.54, 1.807) is 26.0 Å². The van der Waals surface area contributed by atoms with Crippen LogP contribution in [-0.2, 0) is 29.6 Å². The largest absolute Gasteiger partial charge is 0.363 e. The predicted molar refractivity (Wildman–Crippen MR) is 119 cm³/mol. The predicted octanol–water partition coefficient (Wildman–Crippen LogP) is 2.44. The normalized spacial score (nSPS) is 11.7. The molecule has 3 rings (SSSR count). The second kappa shape index (κ2) is 9.55. The number of amides is 2. The molecule has 0 radical (unpaired) electrons. The van der Waals surface area contributed by atoms with E-state index < -0.39 is 31.9 Å². The minimum atomic E-state index is -3.98. The molecule has 2 amide bonds. The molecule has 0 saturated heterocycles. The van der Waals surface area contributed by atoms with Crippen molar-refractivity contribution in [1.29, 1.82) is 0 Å². The molecule has 2 aromatic carbocycles. The number of rotatable bonds is 8. The molecule has 174 valence electrons. The van der Waals surface area contributed by atoms with Crippen molar-refractivity contribution in [2.75, 3.05) is 0 Å². The third-order valence-electron chi connectivity index (χ3n) is 4.62. The molecule has 0 bridgehead atoms. The fourth-order valence-corrected chi connectivity index (χ4v) is 4.93. The summed E-state index contributed by atoms with van der Waals surface area (Å²) < 4.78 is 58.0. The van der Waals surface area contributed by atoms with Crippen LogP contribution in [0.3, 0.4) is 0 Å². The molecule has 0 aliphatic carbocycles. The average Bonchev–Trinajstić information content (AvgIpc) is 3.28. The Kier molecular flexibility index (Phi) is 6.98. The van der Waals surface area contributed by atoms with Gasteiger partial charge < -0.3 is 4.52 Å². The second-order valence-corrected chi connectivity index (χ2v) is 10.3. The van der Waals surface area contributed by atoms with Crippen LogP contribution in [0.4, 0.5) is 0 Å². The van der Waals surface area contributed by atoms with Gasteiger partial charge in [0.2, 0.25) is 11.8 Å². The van der Waals surface area contributed by atoms with Crippen molar-refractivity contribution in [3.05, 3.63) is 54.8 Å². The van der Waals surface area contributed by atoms with Gasteiger partial charge in [-0.3, -0.25) is 9.59 Å². The van der Waals surface area contributed by atoms with Gasteiger partial charge in [0.15, 0.2) is 0 Å². The highest BCUT2D eigenvalue weighted by atomic mass is 32.2. The summed E-state index contributed by atoms with van der Waals surface area (Å²) in [6, 6.07) is 11.5. The summed E-state index contributed by atoms with van der Waals surface area (Å²) in [7, 11) is -7.95. The smallest absolute Gasteiger partial charge is 0.264 e. The highest BCUT2D eigenvalue weighted by molar-refractivity contribution is 7.90. The third-order valence-corrected chi connectivity index (χ3v) is 7.40. The van der Waals surface area contributed by atoms with Crippen LogP contribution < -0.4 is 9.44 Å². The molecule has 0 atom stereocenters. The number of nitrogens with one attached hydrogen (secondary N) is 2. The zero-order valence-electron chi connectivity index (χ0n) is 17.7. The SMILES string of the molecule is CCC(=O)NS(=O)(=O)c1ccc(-c2conc2-c2ccc(S(=O)(=O)NC(=O)CC)cc2)cc1. The van der Waals surface area contributed by atoms with Crippen molar-refractivity contribution in [3.63, 3.8) is 0 Å². The molecule has 1 heterocycles. The fraction of sp³-hybridized carbons (Fsp3) is 0.190. The Balaban J connectivity index is 1.87. The van der Waals surface area contributed by atoms with Crippen LogP contribution in [0.25, 0.3) is 22.4 Å². The number of carbonyl (C=O) groups is 2. The lowest BCUT2D eigenvalue weighted by atomic mass is 10.0. The first-order valence-electron chi connectivity index (χ1n) is 9.84. The van der Waals surface area contributed by atoms with E-state index in [9.17, 15) is 26.4 Å². The molecule has 0 aliphatic heterocycles. The van der Waals surface area contributed by atoms with Crippen LogP contribution in [0.1, 0.15) is 26.7 Å². The second-order valence-electron chi connectivity index (χ2n) is 6.89. The molecule has 10 nitrogen and oxygen atoms in total. The maximum absolute atomic E-state index is 12.2. The minimum Gasteiger partial charge on any atom is -0.363 e. The van der Waals surface area contributed by atoms with E-state index in [2.05, 4.69) is 5.16 Å². The standard InChI is InChI=1S/C21H21N3O7S2/c1-3-19(25)23-32(27,28)16-9-5-14(6-10-16)18-13-31-22-21(18)15-7-11-17(12-8-15)33(29,30)24-20(26)4-2/h5-13H,3-4H2,1-2H3,(H,23,25)(H,24,26). The summed E-state index contributed by atoms with van der Waals surface area (Å²) in [5, 5.41) is 3.97. The summed E-state index contributed by atoms with van der Waals surface area (Å²) in [6.45, 7) is 3.09. The molecular formula is C21H21N3O7S2. The summed E-state index contributed by atoms with van der Waals surface area (Å²) >= 11 is 0. The van der Waals surface area contributed by atoms with E-state index in [4.69, 9.17) is 4.52 Å². The van der Waals surface area contributed by atoms with Gasteiger partial charge in [-0.15, -0.1) is 0 Å². The topological polar surface area (TPSA) is 153 Å². The Labute approximate surface area is 191 Å². The van der Waals surface area contributed by atoms with Crippen LogP contribution in [0, 0.1) is 0 Å². The maximum atomic E-state index is 12.2. The zero-order chi connectivity index (χ0) is 24.2. The molecule has 0 saturated carbocycles. The molecule has 33 heavy (non-hydrogen) atoms. The molecule has 12 heteroatoms. The lowest BCUT2D eigenvalue weighted by molar-refractivity contribution is -0.119. The van der Waals surface area contributed by atoms with Gasteiger partial charge in [-0.1, -0.05) is 43.3 Å². The fourth-order valence-electron chi connectivity index (χ4n) is 2.82. The van der Waals surface area contributed by atoms with Gasteiger partial charge in [0.05, 0.1) is 9.79 Å². The lowest BCUT2D eigenvalue weighted by Crippen LogP contribution is -2.29. The van der Waals surface area contributed by atoms with Crippen molar-refractivity contribution in [3.8, 4) is 22.4 Å². The Morgan fingerprint density at radius 3 is 1.61 bits per heavy atom. The van der Waals surface area contributed by atoms with Gasteiger partial charge in [-0.25, -0.2) is 26.3 Å². The van der Waals surface area contributed by atoms with Gasteiger partial charge in [0.25, 0.3) is 20.0 Å². The number of hydrogen-bond acceptors (Lipinski definition) is 8. The quantitative estimate of drug-likeness (QED) is 0.487. The van der Waals surface area contributed by atoms with Crippen LogP contribution in [0.5, 0.6) is 0 Å². The highest BCUT2D eigenvalue weighted by Crippen LogP contribution is 2.32. The highest BCUT2D eigenvalue weighted by Gasteiger charge is 2.20.